The third-order valence-corrected chi connectivity index (χ3v) is 5.36. The highest BCUT2D eigenvalue weighted by atomic mass is 79.9. The molecule has 1 aliphatic rings. The minimum atomic E-state index is -1.22. The van der Waals surface area contributed by atoms with E-state index in [0.717, 1.165) is 17.8 Å². The Morgan fingerprint density at radius 1 is 1.33 bits per heavy atom. The summed E-state index contributed by atoms with van der Waals surface area (Å²) in [6.07, 6.45) is 0.869. The largest absolute Gasteiger partial charge is 0.494 e. The van der Waals surface area contributed by atoms with E-state index in [1.54, 1.807) is 30.3 Å². The van der Waals surface area contributed by atoms with E-state index in [4.69, 9.17) is 9.84 Å². The molecule has 0 saturated heterocycles. The molecule has 1 N–H and O–H groups in total. The number of benzene rings is 2. The van der Waals surface area contributed by atoms with Gasteiger partial charge in [-0.25, -0.2) is 9.18 Å². The zero-order valence-corrected chi connectivity index (χ0v) is 16.6. The van der Waals surface area contributed by atoms with Gasteiger partial charge in [-0.15, -0.1) is 0 Å². The van der Waals surface area contributed by atoms with Gasteiger partial charge in [0.1, 0.15) is 11.6 Å². The fourth-order valence-electron chi connectivity index (χ4n) is 2.64. The third kappa shape index (κ3) is 4.33. The standard InChI is InChI=1S/C19H15BrFNO4S/c1-2-26-13-5-6-15-16(8-13)27-17(9-18(23)24)19(25)22(15)10-11-3-4-12(20)7-14(11)21/h3-9H,2,10H2,1H3,(H,23,24)/b17-9-. The maximum atomic E-state index is 14.3. The van der Waals surface area contributed by atoms with Gasteiger partial charge < -0.3 is 14.7 Å². The molecule has 0 aliphatic carbocycles. The van der Waals surface area contributed by atoms with Crippen molar-refractivity contribution in [3.8, 4) is 5.75 Å². The van der Waals surface area contributed by atoms with Crippen LogP contribution >= 0.6 is 27.7 Å². The van der Waals surface area contributed by atoms with Crippen molar-refractivity contribution in [2.75, 3.05) is 11.5 Å². The summed E-state index contributed by atoms with van der Waals surface area (Å²) >= 11 is 4.27. The fourth-order valence-corrected chi connectivity index (χ4v) is 4.03. The molecule has 2 aromatic carbocycles. The Morgan fingerprint density at radius 3 is 2.78 bits per heavy atom. The molecule has 0 aromatic heterocycles. The molecule has 3 rings (SSSR count). The first kappa shape index (κ1) is 19.4. The molecule has 2 aromatic rings. The summed E-state index contributed by atoms with van der Waals surface area (Å²) in [6, 6.07) is 9.80. The van der Waals surface area contributed by atoms with Gasteiger partial charge in [0.05, 0.1) is 23.7 Å². The Morgan fingerprint density at radius 2 is 2.11 bits per heavy atom. The Bertz CT molecular complexity index is 947. The topological polar surface area (TPSA) is 66.8 Å². The average molecular weight is 452 g/mol. The lowest BCUT2D eigenvalue weighted by Gasteiger charge is -2.30. The number of anilines is 1. The monoisotopic (exact) mass is 451 g/mol. The van der Waals surface area contributed by atoms with Gasteiger partial charge in [0.25, 0.3) is 5.91 Å². The molecule has 0 unspecified atom stereocenters. The van der Waals surface area contributed by atoms with Crippen molar-refractivity contribution in [2.45, 2.75) is 18.4 Å². The number of amides is 1. The number of fused-ring (bicyclic) bond motifs is 1. The molecule has 1 aliphatic heterocycles. The Balaban J connectivity index is 2.05. The number of hydrogen-bond acceptors (Lipinski definition) is 4. The molecular formula is C19H15BrFNO4S. The molecule has 0 fully saturated rings. The second-order valence-corrected chi connectivity index (χ2v) is 7.64. The van der Waals surface area contributed by atoms with E-state index in [0.29, 0.717) is 33.0 Å². The van der Waals surface area contributed by atoms with Crippen molar-refractivity contribution < 1.29 is 23.8 Å². The van der Waals surface area contributed by atoms with Gasteiger partial charge in [0.2, 0.25) is 0 Å². The fraction of sp³-hybridized carbons (Fsp3) is 0.158. The lowest BCUT2D eigenvalue weighted by molar-refractivity contribution is -0.131. The van der Waals surface area contributed by atoms with Crippen LogP contribution in [0, 0.1) is 5.82 Å². The first-order valence-electron chi connectivity index (χ1n) is 8.04. The summed E-state index contributed by atoms with van der Waals surface area (Å²) in [6.45, 7) is 2.32. The van der Waals surface area contributed by atoms with Crippen LogP contribution in [-0.4, -0.2) is 23.6 Å². The van der Waals surface area contributed by atoms with Gasteiger partial charge in [-0.3, -0.25) is 4.79 Å². The highest BCUT2D eigenvalue weighted by Crippen LogP contribution is 2.43. The van der Waals surface area contributed by atoms with Crippen molar-refractivity contribution in [1.29, 1.82) is 0 Å². The summed E-state index contributed by atoms with van der Waals surface area (Å²) in [7, 11) is 0. The van der Waals surface area contributed by atoms with Crippen LogP contribution in [-0.2, 0) is 16.1 Å². The van der Waals surface area contributed by atoms with Gasteiger partial charge in [-0.2, -0.15) is 0 Å². The predicted octanol–water partition coefficient (Wildman–Crippen LogP) is 4.59. The molecule has 0 spiro atoms. The maximum absolute atomic E-state index is 14.3. The maximum Gasteiger partial charge on any atom is 0.329 e. The Hall–Kier alpha value is -2.32. The molecule has 5 nitrogen and oxygen atoms in total. The number of halogens is 2. The molecule has 1 heterocycles. The molecule has 140 valence electrons. The SMILES string of the molecule is CCOc1ccc2c(c1)S/C(=C\C(=O)O)C(=O)N2Cc1ccc(Br)cc1F. The average Bonchev–Trinajstić information content (AvgIpc) is 2.60. The molecule has 1 amide bonds. The minimum absolute atomic E-state index is 0.0174. The van der Waals surface area contributed by atoms with Gasteiger partial charge in [0.15, 0.2) is 0 Å². The first-order valence-corrected chi connectivity index (χ1v) is 9.65. The van der Waals surface area contributed by atoms with Crippen LogP contribution in [0.5, 0.6) is 5.75 Å². The van der Waals surface area contributed by atoms with Crippen molar-refractivity contribution in [1.82, 2.24) is 0 Å². The second-order valence-electron chi connectivity index (χ2n) is 5.64. The van der Waals surface area contributed by atoms with Gasteiger partial charge in [0, 0.05) is 21.0 Å². The van der Waals surface area contributed by atoms with Crippen molar-refractivity contribution >= 4 is 45.3 Å². The lowest BCUT2D eigenvalue weighted by atomic mass is 10.1. The molecule has 27 heavy (non-hydrogen) atoms. The molecule has 0 radical (unpaired) electrons. The van der Waals surface area contributed by atoms with Crippen LogP contribution in [0.15, 0.2) is 56.7 Å². The summed E-state index contributed by atoms with van der Waals surface area (Å²) in [5.74, 6) is -1.54. The number of nitrogens with zero attached hydrogens (tertiary/aromatic N) is 1. The highest BCUT2D eigenvalue weighted by Gasteiger charge is 2.30. The van der Waals surface area contributed by atoms with Crippen LogP contribution < -0.4 is 9.64 Å². The van der Waals surface area contributed by atoms with E-state index in [2.05, 4.69) is 15.9 Å². The summed E-state index contributed by atoms with van der Waals surface area (Å²) in [5.41, 5.74) is 0.909. The van der Waals surface area contributed by atoms with E-state index in [9.17, 15) is 14.0 Å². The third-order valence-electron chi connectivity index (χ3n) is 3.81. The van der Waals surface area contributed by atoms with E-state index in [1.807, 2.05) is 6.92 Å². The van der Waals surface area contributed by atoms with Crippen LogP contribution in [0.3, 0.4) is 0 Å². The molecule has 0 saturated carbocycles. The second kappa shape index (κ2) is 8.14. The number of carbonyl (C=O) groups excluding carboxylic acids is 1. The smallest absolute Gasteiger partial charge is 0.329 e. The van der Waals surface area contributed by atoms with Crippen LogP contribution in [0.2, 0.25) is 0 Å². The molecule has 0 atom stereocenters. The number of hydrogen-bond donors (Lipinski definition) is 1. The molecule has 8 heteroatoms. The molecule has 0 bridgehead atoms. The minimum Gasteiger partial charge on any atom is -0.494 e. The highest BCUT2D eigenvalue weighted by molar-refractivity contribution is 9.10. The Labute approximate surface area is 167 Å². The van der Waals surface area contributed by atoms with E-state index in [-0.39, 0.29) is 11.4 Å². The number of aliphatic carboxylic acids is 1. The molecular weight excluding hydrogens is 437 g/mol. The number of carbonyl (C=O) groups is 2. The van der Waals surface area contributed by atoms with Crippen molar-refractivity contribution in [2.24, 2.45) is 0 Å². The van der Waals surface area contributed by atoms with Crippen LogP contribution in [0.1, 0.15) is 12.5 Å². The summed E-state index contributed by atoms with van der Waals surface area (Å²) in [5, 5.41) is 9.07. The van der Waals surface area contributed by atoms with E-state index in [1.165, 1.54) is 11.0 Å². The number of carboxylic acid groups (broad SMARTS) is 1. The number of carboxylic acids is 1. The first-order chi connectivity index (χ1) is 12.9. The number of ether oxygens (including phenoxy) is 1. The number of thioether (sulfide) groups is 1. The zero-order chi connectivity index (χ0) is 19.6. The van der Waals surface area contributed by atoms with Crippen LogP contribution in [0.25, 0.3) is 0 Å². The predicted molar refractivity (Wildman–Crippen MR) is 104 cm³/mol. The van der Waals surface area contributed by atoms with Gasteiger partial charge in [-0.05, 0) is 37.3 Å². The zero-order valence-electron chi connectivity index (χ0n) is 14.2. The summed E-state index contributed by atoms with van der Waals surface area (Å²) < 4.78 is 20.4. The summed E-state index contributed by atoms with van der Waals surface area (Å²) in [4.78, 5) is 26.0. The van der Waals surface area contributed by atoms with Gasteiger partial charge in [-0.1, -0.05) is 33.8 Å². The van der Waals surface area contributed by atoms with Crippen molar-refractivity contribution in [3.63, 3.8) is 0 Å². The lowest BCUT2D eigenvalue weighted by Crippen LogP contribution is -2.34. The number of rotatable bonds is 5. The quantitative estimate of drug-likeness (QED) is 0.673. The normalized spacial score (nSPS) is 15.0. The Kier molecular flexibility index (Phi) is 5.86. The van der Waals surface area contributed by atoms with E-state index < -0.39 is 17.7 Å². The van der Waals surface area contributed by atoms with Crippen molar-refractivity contribution in [3.05, 3.63) is 63.2 Å². The van der Waals surface area contributed by atoms with Gasteiger partial charge >= 0.3 is 5.97 Å². The van der Waals surface area contributed by atoms with Crippen LogP contribution in [0.4, 0.5) is 10.1 Å². The van der Waals surface area contributed by atoms with E-state index >= 15 is 0 Å².